The summed E-state index contributed by atoms with van der Waals surface area (Å²) in [7, 11) is 0. The van der Waals surface area contributed by atoms with E-state index in [0.29, 0.717) is 49.7 Å². The fraction of sp³-hybridized carbons (Fsp3) is 0.617. The van der Waals surface area contributed by atoms with Gasteiger partial charge in [0.05, 0.1) is 49.6 Å². The number of fused-ring (bicyclic) bond motifs is 2. The Bertz CT molecular complexity index is 1920. The Morgan fingerprint density at radius 3 is 2.48 bits per heavy atom. The van der Waals surface area contributed by atoms with E-state index in [-0.39, 0.29) is 81.8 Å². The number of aliphatic hydroxyl groups is 3. The maximum atomic E-state index is 14.8. The van der Waals surface area contributed by atoms with Crippen molar-refractivity contribution in [2.75, 3.05) is 79.0 Å². The van der Waals surface area contributed by atoms with Crippen LogP contribution in [-0.2, 0) is 19.0 Å². The number of nitrogens with zero attached hydrogens (tertiary/aromatic N) is 4. The third-order valence-corrected chi connectivity index (χ3v) is 12.9. The molecular formula is C47H64N4O13. The van der Waals surface area contributed by atoms with Crippen LogP contribution in [0.5, 0.6) is 17.2 Å². The normalized spacial score (nSPS) is 26.5. The number of amides is 1. The zero-order valence-corrected chi connectivity index (χ0v) is 36.6. The molecule has 7 rings (SSSR count). The van der Waals surface area contributed by atoms with Gasteiger partial charge in [0.2, 0.25) is 12.1 Å². The quantitative estimate of drug-likeness (QED) is 0.0346. The van der Waals surface area contributed by atoms with Crippen LogP contribution in [-0.4, -0.2) is 139 Å². The molecule has 7 unspecified atom stereocenters. The predicted octanol–water partition coefficient (Wildman–Crippen LogP) is 5.96. The first kappa shape index (κ1) is 47.3. The smallest absolute Gasteiger partial charge is 0.415 e. The van der Waals surface area contributed by atoms with E-state index in [1.165, 1.54) is 29.2 Å². The van der Waals surface area contributed by atoms with E-state index < -0.39 is 35.1 Å². The van der Waals surface area contributed by atoms with Gasteiger partial charge >= 0.3 is 6.09 Å². The number of nitro benzene ring substituents is 1. The summed E-state index contributed by atoms with van der Waals surface area (Å²) in [4.78, 5) is 35.8. The highest BCUT2D eigenvalue weighted by atomic mass is 16.8. The van der Waals surface area contributed by atoms with E-state index in [0.717, 1.165) is 69.3 Å². The minimum Gasteiger partial charge on any atom is -0.492 e. The highest BCUT2D eigenvalue weighted by molar-refractivity contribution is 6.03. The molecule has 0 bridgehead atoms. The van der Waals surface area contributed by atoms with Gasteiger partial charge in [0, 0.05) is 75.8 Å². The monoisotopic (exact) mass is 892 g/mol. The van der Waals surface area contributed by atoms with Gasteiger partial charge in [-0.15, -0.1) is 6.58 Å². The molecular weight excluding hydrogens is 829 g/mol. The summed E-state index contributed by atoms with van der Waals surface area (Å²) < 4.78 is 38.5. The molecule has 17 heteroatoms. The van der Waals surface area contributed by atoms with Crippen molar-refractivity contribution in [1.82, 2.24) is 9.80 Å². The molecule has 7 atom stereocenters. The first-order valence-corrected chi connectivity index (χ1v) is 22.9. The molecule has 3 aliphatic heterocycles. The van der Waals surface area contributed by atoms with Gasteiger partial charge in [-0.05, 0) is 86.3 Å². The highest BCUT2D eigenvalue weighted by Gasteiger charge is 2.65. The fourth-order valence-electron chi connectivity index (χ4n) is 9.74. The first-order valence-electron chi connectivity index (χ1n) is 22.9. The van der Waals surface area contributed by atoms with Crippen molar-refractivity contribution in [3.63, 3.8) is 0 Å². The van der Waals surface area contributed by atoms with Gasteiger partial charge in [-0.3, -0.25) is 19.9 Å². The fourth-order valence-corrected chi connectivity index (χ4v) is 9.74. The number of ether oxygens (including phenoxy) is 6. The molecule has 350 valence electrons. The molecule has 17 nitrogen and oxygen atoms in total. The van der Waals surface area contributed by atoms with Crippen LogP contribution in [0.25, 0.3) is 0 Å². The van der Waals surface area contributed by atoms with Crippen LogP contribution in [0.3, 0.4) is 0 Å². The van der Waals surface area contributed by atoms with Crippen LogP contribution in [0.1, 0.15) is 75.7 Å². The second-order valence-corrected chi connectivity index (χ2v) is 17.0. The molecule has 2 aliphatic carbocycles. The Balaban J connectivity index is 1.40. The lowest BCUT2D eigenvalue weighted by atomic mass is 9.55. The second-order valence-electron chi connectivity index (χ2n) is 17.0. The molecule has 2 aromatic rings. The van der Waals surface area contributed by atoms with E-state index in [9.17, 15) is 30.2 Å². The van der Waals surface area contributed by atoms with Crippen LogP contribution in [0.4, 0.5) is 10.5 Å². The Hall–Kier alpha value is -4.62. The summed E-state index contributed by atoms with van der Waals surface area (Å²) in [5, 5.41) is 45.9. The number of allylic oxidation sites excluding steroid dienone is 1. The van der Waals surface area contributed by atoms with Crippen molar-refractivity contribution in [3.05, 3.63) is 82.4 Å². The molecule has 0 radical (unpaired) electrons. The molecule has 2 aromatic carbocycles. The Morgan fingerprint density at radius 2 is 1.78 bits per heavy atom. The number of unbranched alkanes of at least 4 members (excludes halogenated alkanes) is 2. The number of nitro groups is 1. The highest BCUT2D eigenvalue weighted by Crippen LogP contribution is 2.62. The number of carbonyl (C=O) groups excluding carboxylic acids is 1. The minimum absolute atomic E-state index is 0.00262. The predicted molar refractivity (Wildman–Crippen MR) is 235 cm³/mol. The number of aliphatic hydroxyl groups excluding tert-OH is 3. The number of non-ortho nitro benzene ring substituents is 1. The van der Waals surface area contributed by atoms with Crippen molar-refractivity contribution < 1.29 is 58.3 Å². The first-order chi connectivity index (χ1) is 31.3. The van der Waals surface area contributed by atoms with Gasteiger partial charge in [0.15, 0.2) is 0 Å². The maximum Gasteiger partial charge on any atom is 0.415 e. The van der Waals surface area contributed by atoms with Crippen LogP contribution in [0.15, 0.2) is 71.9 Å². The largest absolute Gasteiger partial charge is 0.492 e. The van der Waals surface area contributed by atoms with Gasteiger partial charge in [-0.1, -0.05) is 30.1 Å². The number of rotatable bonds is 25. The van der Waals surface area contributed by atoms with Crippen molar-refractivity contribution in [1.29, 1.82) is 0 Å². The van der Waals surface area contributed by atoms with Crippen molar-refractivity contribution in [3.8, 4) is 17.2 Å². The number of hydrogen-bond donors (Lipinski definition) is 3. The molecule has 2 saturated heterocycles. The molecule has 5 aliphatic rings. The molecule has 0 aromatic heterocycles. The Kier molecular flexibility index (Phi) is 17.0. The summed E-state index contributed by atoms with van der Waals surface area (Å²) in [6.45, 7) is 8.03. The average Bonchev–Trinajstić information content (AvgIpc) is 4.14. The van der Waals surface area contributed by atoms with Gasteiger partial charge in [0.25, 0.3) is 5.69 Å². The lowest BCUT2D eigenvalue weighted by molar-refractivity contribution is -0.384. The topological polar surface area (TPSA) is 204 Å². The molecule has 0 spiro atoms. The van der Waals surface area contributed by atoms with E-state index in [1.54, 1.807) is 6.08 Å². The van der Waals surface area contributed by atoms with E-state index in [1.807, 2.05) is 12.1 Å². The van der Waals surface area contributed by atoms with Crippen LogP contribution >= 0.6 is 0 Å². The van der Waals surface area contributed by atoms with Gasteiger partial charge in [-0.25, -0.2) is 4.79 Å². The van der Waals surface area contributed by atoms with Crippen molar-refractivity contribution in [2.45, 2.75) is 88.2 Å². The number of oxime groups is 1. The van der Waals surface area contributed by atoms with Gasteiger partial charge in [0.1, 0.15) is 29.9 Å². The van der Waals surface area contributed by atoms with Gasteiger partial charge in [-0.2, -0.15) is 0 Å². The van der Waals surface area contributed by atoms with Crippen LogP contribution in [0, 0.1) is 27.9 Å². The second kappa shape index (κ2) is 23.0. The third kappa shape index (κ3) is 11.4. The summed E-state index contributed by atoms with van der Waals surface area (Å²) in [6, 6.07) is 10.2. The van der Waals surface area contributed by atoms with Crippen LogP contribution in [0.2, 0.25) is 0 Å². The van der Waals surface area contributed by atoms with Crippen molar-refractivity contribution >= 4 is 17.5 Å². The lowest BCUT2D eigenvalue weighted by Gasteiger charge is -2.59. The Labute approximate surface area is 374 Å². The number of carbonyl (C=O) groups is 1. The van der Waals surface area contributed by atoms with Crippen LogP contribution < -0.4 is 14.2 Å². The summed E-state index contributed by atoms with van der Waals surface area (Å²) in [5.74, 6) is -1.04. The molecule has 64 heavy (non-hydrogen) atoms. The van der Waals surface area contributed by atoms with Gasteiger partial charge < -0.3 is 48.6 Å². The third-order valence-electron chi connectivity index (χ3n) is 12.9. The summed E-state index contributed by atoms with van der Waals surface area (Å²) in [5.41, 5.74) is 2.24. The summed E-state index contributed by atoms with van der Waals surface area (Å²) in [6.07, 6.45) is 9.56. The van der Waals surface area contributed by atoms with E-state index >= 15 is 0 Å². The summed E-state index contributed by atoms with van der Waals surface area (Å²) >= 11 is 0. The number of hydrogen-bond acceptors (Lipinski definition) is 15. The SMILES string of the molecule is C=CCOC12Oc3ccc(OCCN4CC4)cc3C3C(CCCCO)C(CCCCO)C=C(C(=NOC4CCCCO4)CC1N(CCOCCO)C(=O)Oc1ccc([N+](=O)[O-])cc1)C32. The van der Waals surface area contributed by atoms with Crippen molar-refractivity contribution in [2.24, 2.45) is 22.9 Å². The molecule has 3 fully saturated rings. The average molecular weight is 893 g/mol. The molecule has 3 heterocycles. The zero-order chi connectivity index (χ0) is 44.9. The van der Waals surface area contributed by atoms with E-state index in [2.05, 4.69) is 23.6 Å². The molecule has 1 amide bonds. The van der Waals surface area contributed by atoms with E-state index in [4.69, 9.17) is 38.4 Å². The molecule has 3 N–H and O–H groups in total. The standard InChI is InChI=1S/C47H64N4O13/c1-2-25-61-47-42(50(21-27-58-29-24-54)46(55)62-35-14-12-34(13-15-35)51(56)57)32-40(48-64-43-11-5-8-26-60-43)38-30-33(9-3-6-22-52)37(10-4-7-23-53)44(45(38)47)39-31-36(16-17-41(39)63-47)59-28-20-49-18-19-49/h2,12-17,30-31,33,37,42-45,52-54H,1,3-11,18-29,32H2. The maximum absolute atomic E-state index is 14.8. The minimum atomic E-state index is -1.57. The lowest BCUT2D eigenvalue weighted by Crippen LogP contribution is -2.70. The number of benzene rings is 2. The Morgan fingerprint density at radius 1 is 1.00 bits per heavy atom. The molecule has 1 saturated carbocycles. The zero-order valence-electron chi connectivity index (χ0n) is 36.6.